The number of carbonyl (C=O) groups excluding carboxylic acids is 1. The summed E-state index contributed by atoms with van der Waals surface area (Å²) in [6, 6.07) is 21.6. The molecule has 1 aromatic heterocycles. The number of hydrazone groups is 1. The highest BCUT2D eigenvalue weighted by atomic mass is 35.5. The molecule has 0 spiro atoms. The van der Waals surface area contributed by atoms with Crippen molar-refractivity contribution in [2.24, 2.45) is 5.10 Å². The van der Waals surface area contributed by atoms with E-state index in [1.807, 2.05) is 24.3 Å². The van der Waals surface area contributed by atoms with Gasteiger partial charge in [-0.05, 0) is 24.3 Å². The molecule has 0 aliphatic heterocycles. The van der Waals surface area contributed by atoms with Crippen molar-refractivity contribution in [2.45, 2.75) is 13.0 Å². The largest absolute Gasteiger partial charge is 0.340 e. The van der Waals surface area contributed by atoms with Gasteiger partial charge in [-0.2, -0.15) is 5.10 Å². The molecule has 0 aliphatic rings. The third kappa shape index (κ3) is 3.75. The average Bonchev–Trinajstić information content (AvgIpc) is 3.02. The monoisotopic (exact) mass is 409 g/mol. The molecule has 1 amide bonds. The number of hydrogen-bond donors (Lipinski definition) is 1. The van der Waals surface area contributed by atoms with Crippen molar-refractivity contribution in [1.82, 2.24) is 9.99 Å². The Morgan fingerprint density at radius 3 is 2.25 bits per heavy atom. The van der Waals surface area contributed by atoms with Crippen molar-refractivity contribution < 1.29 is 4.79 Å². The number of nitrogens with zero attached hydrogens (tertiary/aromatic N) is 2. The Bertz CT molecular complexity index is 1140. The first-order valence-corrected chi connectivity index (χ1v) is 9.62. The number of carbonyl (C=O) groups is 1. The van der Waals surface area contributed by atoms with Crippen molar-refractivity contribution >= 4 is 57.1 Å². The minimum absolute atomic E-state index is 0.164. The topological polar surface area (TPSA) is 46.4 Å². The summed E-state index contributed by atoms with van der Waals surface area (Å²) in [7, 11) is 0. The first kappa shape index (κ1) is 18.5. The number of hydrogen-bond acceptors (Lipinski definition) is 2. The molecule has 0 unspecified atom stereocenters. The van der Waals surface area contributed by atoms with Gasteiger partial charge in [0.1, 0.15) is 0 Å². The number of benzene rings is 3. The molecule has 0 saturated heterocycles. The second-order valence-corrected chi connectivity index (χ2v) is 7.24. The number of amides is 1. The molecule has 1 N–H and O–H groups in total. The minimum atomic E-state index is -0.164. The number of para-hydroxylation sites is 2. The highest BCUT2D eigenvalue weighted by Crippen LogP contribution is 2.28. The highest BCUT2D eigenvalue weighted by Gasteiger charge is 2.10. The Kier molecular flexibility index (Phi) is 5.33. The number of fused-ring (bicyclic) bond motifs is 3. The van der Waals surface area contributed by atoms with Gasteiger partial charge in [0.15, 0.2) is 0 Å². The fourth-order valence-corrected chi connectivity index (χ4v) is 3.75. The standard InChI is InChI=1S/C22H17Cl2N3O/c23-16-10-9-15(19(24)13-16)14-25-26-22(28)11-12-27-20-7-3-1-5-17(20)18-6-2-4-8-21(18)27/h1-10,13-14H,11-12H2,(H,26,28). The van der Waals surface area contributed by atoms with Crippen LogP contribution < -0.4 is 5.43 Å². The fourth-order valence-electron chi connectivity index (χ4n) is 3.29. The summed E-state index contributed by atoms with van der Waals surface area (Å²) in [4.78, 5) is 12.2. The minimum Gasteiger partial charge on any atom is -0.340 e. The third-order valence-electron chi connectivity index (χ3n) is 4.60. The van der Waals surface area contributed by atoms with Crippen LogP contribution in [0.2, 0.25) is 10.0 Å². The van der Waals surface area contributed by atoms with Crippen LogP contribution in [0, 0.1) is 0 Å². The van der Waals surface area contributed by atoms with Crippen molar-refractivity contribution in [3.63, 3.8) is 0 Å². The van der Waals surface area contributed by atoms with Gasteiger partial charge >= 0.3 is 0 Å². The first-order chi connectivity index (χ1) is 13.6. The number of rotatable bonds is 5. The van der Waals surface area contributed by atoms with Gasteiger partial charge in [-0.3, -0.25) is 4.79 Å². The summed E-state index contributed by atoms with van der Waals surface area (Å²) < 4.78 is 2.17. The molecular weight excluding hydrogens is 393 g/mol. The van der Waals surface area contributed by atoms with Gasteiger partial charge < -0.3 is 4.57 Å². The molecule has 0 atom stereocenters. The second kappa shape index (κ2) is 8.05. The highest BCUT2D eigenvalue weighted by molar-refractivity contribution is 6.36. The summed E-state index contributed by atoms with van der Waals surface area (Å²) in [5, 5.41) is 7.41. The van der Waals surface area contributed by atoms with E-state index in [-0.39, 0.29) is 5.91 Å². The van der Waals surface area contributed by atoms with Crippen LogP contribution in [0.4, 0.5) is 0 Å². The van der Waals surface area contributed by atoms with Gasteiger partial charge in [-0.15, -0.1) is 0 Å². The van der Waals surface area contributed by atoms with E-state index in [1.165, 1.54) is 17.0 Å². The smallest absolute Gasteiger partial charge is 0.241 e. The molecule has 0 fully saturated rings. The number of aromatic nitrogens is 1. The first-order valence-electron chi connectivity index (χ1n) is 8.86. The molecule has 0 bridgehead atoms. The Morgan fingerprint density at radius 2 is 1.61 bits per heavy atom. The van der Waals surface area contributed by atoms with Crippen LogP contribution in [0.5, 0.6) is 0 Å². The van der Waals surface area contributed by atoms with Crippen LogP contribution in [-0.4, -0.2) is 16.7 Å². The molecule has 4 rings (SSSR count). The molecule has 6 heteroatoms. The number of aryl methyl sites for hydroxylation is 1. The quantitative estimate of drug-likeness (QED) is 0.336. The Morgan fingerprint density at radius 1 is 0.964 bits per heavy atom. The van der Waals surface area contributed by atoms with E-state index in [1.54, 1.807) is 18.2 Å². The zero-order chi connectivity index (χ0) is 19.5. The predicted molar refractivity (Wildman–Crippen MR) is 116 cm³/mol. The zero-order valence-electron chi connectivity index (χ0n) is 14.9. The van der Waals surface area contributed by atoms with Crippen LogP contribution in [0.15, 0.2) is 71.8 Å². The Balaban J connectivity index is 1.47. The molecule has 28 heavy (non-hydrogen) atoms. The maximum atomic E-state index is 12.2. The van der Waals surface area contributed by atoms with E-state index in [9.17, 15) is 4.79 Å². The van der Waals surface area contributed by atoms with Crippen LogP contribution in [0.3, 0.4) is 0 Å². The lowest BCUT2D eigenvalue weighted by molar-refractivity contribution is -0.121. The van der Waals surface area contributed by atoms with Crippen molar-refractivity contribution in [3.05, 3.63) is 82.3 Å². The summed E-state index contributed by atoms with van der Waals surface area (Å²) >= 11 is 12.0. The summed E-state index contributed by atoms with van der Waals surface area (Å²) in [6.45, 7) is 0.567. The maximum Gasteiger partial charge on any atom is 0.241 e. The van der Waals surface area contributed by atoms with E-state index >= 15 is 0 Å². The van der Waals surface area contributed by atoms with Gasteiger partial charge in [-0.1, -0.05) is 65.7 Å². The van der Waals surface area contributed by atoms with E-state index in [4.69, 9.17) is 23.2 Å². The van der Waals surface area contributed by atoms with E-state index < -0.39 is 0 Å². The lowest BCUT2D eigenvalue weighted by Gasteiger charge is -2.06. The van der Waals surface area contributed by atoms with Gasteiger partial charge in [-0.25, -0.2) is 5.43 Å². The lowest BCUT2D eigenvalue weighted by Crippen LogP contribution is -2.19. The molecule has 0 radical (unpaired) electrons. The molecule has 3 aromatic carbocycles. The van der Waals surface area contributed by atoms with Gasteiger partial charge in [0, 0.05) is 45.4 Å². The molecule has 0 aliphatic carbocycles. The Hall–Kier alpha value is -2.82. The maximum absolute atomic E-state index is 12.2. The fraction of sp³-hybridized carbons (Fsp3) is 0.0909. The summed E-state index contributed by atoms with van der Waals surface area (Å²) in [6.07, 6.45) is 1.82. The van der Waals surface area contributed by atoms with Gasteiger partial charge in [0.2, 0.25) is 5.91 Å². The molecule has 4 aromatic rings. The average molecular weight is 410 g/mol. The van der Waals surface area contributed by atoms with Crippen molar-refractivity contribution in [2.75, 3.05) is 0 Å². The zero-order valence-corrected chi connectivity index (χ0v) is 16.4. The van der Waals surface area contributed by atoms with Crippen LogP contribution in [-0.2, 0) is 11.3 Å². The lowest BCUT2D eigenvalue weighted by atomic mass is 10.2. The third-order valence-corrected chi connectivity index (χ3v) is 5.16. The van der Waals surface area contributed by atoms with Crippen LogP contribution >= 0.6 is 23.2 Å². The van der Waals surface area contributed by atoms with Crippen LogP contribution in [0.25, 0.3) is 21.8 Å². The Labute approximate surface area is 172 Å². The summed E-state index contributed by atoms with van der Waals surface area (Å²) in [5.41, 5.74) is 5.48. The van der Waals surface area contributed by atoms with Gasteiger partial charge in [0.05, 0.1) is 11.2 Å². The molecule has 0 saturated carbocycles. The van der Waals surface area contributed by atoms with E-state index in [0.29, 0.717) is 28.6 Å². The SMILES string of the molecule is O=C(CCn1c2ccccc2c2ccccc21)NN=Cc1ccc(Cl)cc1Cl. The van der Waals surface area contributed by atoms with E-state index in [0.717, 1.165) is 11.0 Å². The van der Waals surface area contributed by atoms with Gasteiger partial charge in [0.25, 0.3) is 0 Å². The molecule has 4 nitrogen and oxygen atoms in total. The second-order valence-electron chi connectivity index (χ2n) is 6.39. The molecular formula is C22H17Cl2N3O. The predicted octanol–water partition coefficient (Wildman–Crippen LogP) is 5.64. The molecule has 140 valence electrons. The van der Waals surface area contributed by atoms with Crippen molar-refractivity contribution in [1.29, 1.82) is 0 Å². The number of nitrogens with one attached hydrogen (secondary N) is 1. The van der Waals surface area contributed by atoms with E-state index in [2.05, 4.69) is 39.4 Å². The van der Waals surface area contributed by atoms with Crippen LogP contribution in [0.1, 0.15) is 12.0 Å². The summed E-state index contributed by atoms with van der Waals surface area (Å²) in [5.74, 6) is -0.164. The van der Waals surface area contributed by atoms with Crippen molar-refractivity contribution in [3.8, 4) is 0 Å². The molecule has 1 heterocycles. The normalized spacial score (nSPS) is 11.5. The number of halogens is 2.